The number of halogens is 1. The lowest BCUT2D eigenvalue weighted by Crippen LogP contribution is -2.28. The van der Waals surface area contributed by atoms with Gasteiger partial charge in [-0.2, -0.15) is 0 Å². The average Bonchev–Trinajstić information content (AvgIpc) is 2.71. The van der Waals surface area contributed by atoms with Gasteiger partial charge >= 0.3 is 0 Å². The number of furan rings is 1. The van der Waals surface area contributed by atoms with E-state index in [1.54, 1.807) is 0 Å². The SMILES string of the molecule is Cc1ccc(C(NN)c2ccc(C)c(Cl)c2)o1. The second-order valence-electron chi connectivity index (χ2n) is 4.06. The van der Waals surface area contributed by atoms with Gasteiger partial charge in [0.2, 0.25) is 0 Å². The third-order valence-corrected chi connectivity index (χ3v) is 3.15. The molecule has 1 aromatic carbocycles. The summed E-state index contributed by atoms with van der Waals surface area (Å²) < 4.78 is 5.58. The van der Waals surface area contributed by atoms with Crippen molar-refractivity contribution in [2.24, 2.45) is 5.84 Å². The van der Waals surface area contributed by atoms with Crippen LogP contribution in [0, 0.1) is 13.8 Å². The normalized spacial score (nSPS) is 12.7. The predicted molar refractivity (Wildman–Crippen MR) is 68.8 cm³/mol. The van der Waals surface area contributed by atoms with Crippen molar-refractivity contribution in [2.75, 3.05) is 0 Å². The second kappa shape index (κ2) is 4.92. The highest BCUT2D eigenvalue weighted by atomic mass is 35.5. The third-order valence-electron chi connectivity index (χ3n) is 2.74. The molecule has 0 spiro atoms. The quantitative estimate of drug-likeness (QED) is 0.650. The number of hydrazine groups is 1. The molecule has 0 bridgehead atoms. The van der Waals surface area contributed by atoms with E-state index in [0.29, 0.717) is 0 Å². The molecule has 4 heteroatoms. The van der Waals surface area contributed by atoms with E-state index in [4.69, 9.17) is 21.9 Å². The Bertz CT molecular complexity index is 522. The number of hydrogen-bond donors (Lipinski definition) is 2. The summed E-state index contributed by atoms with van der Waals surface area (Å²) in [6, 6.07) is 9.51. The van der Waals surface area contributed by atoms with Crippen molar-refractivity contribution in [1.82, 2.24) is 5.43 Å². The van der Waals surface area contributed by atoms with Crippen molar-refractivity contribution in [3.63, 3.8) is 0 Å². The maximum absolute atomic E-state index is 6.11. The lowest BCUT2D eigenvalue weighted by molar-refractivity contribution is 0.435. The summed E-state index contributed by atoms with van der Waals surface area (Å²) in [7, 11) is 0. The summed E-state index contributed by atoms with van der Waals surface area (Å²) in [5, 5.41) is 0.728. The summed E-state index contributed by atoms with van der Waals surface area (Å²) in [5.41, 5.74) is 4.77. The van der Waals surface area contributed by atoms with Crippen LogP contribution in [0.1, 0.15) is 28.7 Å². The van der Waals surface area contributed by atoms with Crippen LogP contribution in [0.5, 0.6) is 0 Å². The minimum Gasteiger partial charge on any atom is -0.464 e. The first kappa shape index (κ1) is 12.2. The average molecular weight is 251 g/mol. The predicted octanol–water partition coefficient (Wildman–Crippen LogP) is 3.10. The summed E-state index contributed by atoms with van der Waals surface area (Å²) in [4.78, 5) is 0. The fraction of sp³-hybridized carbons (Fsp3) is 0.231. The molecule has 17 heavy (non-hydrogen) atoms. The van der Waals surface area contributed by atoms with E-state index >= 15 is 0 Å². The molecule has 0 aliphatic carbocycles. The highest BCUT2D eigenvalue weighted by Gasteiger charge is 2.16. The van der Waals surface area contributed by atoms with E-state index in [2.05, 4.69) is 5.43 Å². The van der Waals surface area contributed by atoms with Gasteiger partial charge in [-0.15, -0.1) is 0 Å². The van der Waals surface area contributed by atoms with Crippen molar-refractivity contribution < 1.29 is 4.42 Å². The van der Waals surface area contributed by atoms with Gasteiger partial charge in [0.05, 0.1) is 0 Å². The highest BCUT2D eigenvalue weighted by molar-refractivity contribution is 6.31. The zero-order valence-corrected chi connectivity index (χ0v) is 10.6. The molecule has 0 fully saturated rings. The lowest BCUT2D eigenvalue weighted by atomic mass is 10.0. The molecule has 1 heterocycles. The topological polar surface area (TPSA) is 51.2 Å². The smallest absolute Gasteiger partial charge is 0.126 e. The van der Waals surface area contributed by atoms with Crippen LogP contribution >= 0.6 is 11.6 Å². The van der Waals surface area contributed by atoms with Crippen molar-refractivity contribution in [1.29, 1.82) is 0 Å². The van der Waals surface area contributed by atoms with Crippen LogP contribution in [0.15, 0.2) is 34.7 Å². The molecule has 3 N–H and O–H groups in total. The standard InChI is InChI=1S/C13H15ClN2O/c1-8-3-5-10(7-11(8)14)13(16-15)12-6-4-9(2)17-12/h3-7,13,16H,15H2,1-2H3. The highest BCUT2D eigenvalue weighted by Crippen LogP contribution is 2.26. The molecular weight excluding hydrogens is 236 g/mol. The lowest BCUT2D eigenvalue weighted by Gasteiger charge is -2.14. The van der Waals surface area contributed by atoms with Crippen LogP contribution < -0.4 is 11.3 Å². The van der Waals surface area contributed by atoms with Crippen LogP contribution in [0.3, 0.4) is 0 Å². The van der Waals surface area contributed by atoms with E-state index < -0.39 is 0 Å². The molecule has 1 unspecified atom stereocenters. The Morgan fingerprint density at radius 2 is 2.00 bits per heavy atom. The first-order valence-electron chi connectivity index (χ1n) is 5.40. The van der Waals surface area contributed by atoms with E-state index in [0.717, 1.165) is 27.7 Å². The number of nitrogens with one attached hydrogen (secondary N) is 1. The minimum atomic E-state index is -0.179. The van der Waals surface area contributed by atoms with Crippen LogP contribution in [0.4, 0.5) is 0 Å². The Morgan fingerprint density at radius 3 is 2.53 bits per heavy atom. The molecule has 0 aliphatic rings. The maximum atomic E-state index is 6.11. The van der Waals surface area contributed by atoms with Gasteiger partial charge in [0.15, 0.2) is 0 Å². The van der Waals surface area contributed by atoms with Gasteiger partial charge < -0.3 is 4.42 Å². The van der Waals surface area contributed by atoms with Crippen LogP contribution in [-0.2, 0) is 0 Å². The summed E-state index contributed by atoms with van der Waals surface area (Å²) in [5.74, 6) is 7.22. The summed E-state index contributed by atoms with van der Waals surface area (Å²) >= 11 is 6.11. The van der Waals surface area contributed by atoms with Crippen molar-refractivity contribution in [2.45, 2.75) is 19.9 Å². The fourth-order valence-electron chi connectivity index (χ4n) is 1.74. The van der Waals surface area contributed by atoms with Gasteiger partial charge in [0, 0.05) is 5.02 Å². The number of nitrogens with two attached hydrogens (primary N) is 1. The minimum absolute atomic E-state index is 0.179. The fourth-order valence-corrected chi connectivity index (χ4v) is 1.93. The van der Waals surface area contributed by atoms with E-state index in [1.165, 1.54) is 0 Å². The zero-order valence-electron chi connectivity index (χ0n) is 9.83. The molecule has 2 aromatic rings. The molecule has 0 saturated heterocycles. The van der Waals surface area contributed by atoms with Crippen LogP contribution in [0.25, 0.3) is 0 Å². The van der Waals surface area contributed by atoms with Crippen molar-refractivity contribution in [3.8, 4) is 0 Å². The molecule has 0 radical (unpaired) electrons. The summed E-state index contributed by atoms with van der Waals surface area (Å²) in [6.07, 6.45) is 0. The Hall–Kier alpha value is -1.29. The largest absolute Gasteiger partial charge is 0.464 e. The molecule has 0 amide bonds. The third kappa shape index (κ3) is 2.52. The van der Waals surface area contributed by atoms with Gasteiger partial charge in [-0.3, -0.25) is 5.84 Å². The maximum Gasteiger partial charge on any atom is 0.126 e. The number of rotatable bonds is 3. The molecule has 3 nitrogen and oxygen atoms in total. The molecule has 1 atom stereocenters. The molecule has 0 aliphatic heterocycles. The summed E-state index contributed by atoms with van der Waals surface area (Å²) in [6.45, 7) is 3.87. The number of benzene rings is 1. The van der Waals surface area contributed by atoms with Gasteiger partial charge in [-0.1, -0.05) is 23.7 Å². The Kier molecular flexibility index (Phi) is 3.52. The van der Waals surface area contributed by atoms with Gasteiger partial charge in [0.1, 0.15) is 17.6 Å². The number of hydrogen-bond acceptors (Lipinski definition) is 3. The van der Waals surface area contributed by atoms with E-state index in [9.17, 15) is 0 Å². The van der Waals surface area contributed by atoms with Crippen LogP contribution in [-0.4, -0.2) is 0 Å². The molecule has 0 saturated carbocycles. The van der Waals surface area contributed by atoms with Crippen molar-refractivity contribution in [3.05, 3.63) is 58.0 Å². The second-order valence-corrected chi connectivity index (χ2v) is 4.46. The Balaban J connectivity index is 2.38. The van der Waals surface area contributed by atoms with Crippen molar-refractivity contribution >= 4 is 11.6 Å². The van der Waals surface area contributed by atoms with Gasteiger partial charge in [-0.25, -0.2) is 5.43 Å². The Labute approximate surface area is 106 Å². The molecule has 1 aromatic heterocycles. The van der Waals surface area contributed by atoms with E-state index in [-0.39, 0.29) is 6.04 Å². The van der Waals surface area contributed by atoms with Crippen LogP contribution in [0.2, 0.25) is 5.02 Å². The Morgan fingerprint density at radius 1 is 1.24 bits per heavy atom. The molecule has 2 rings (SSSR count). The van der Waals surface area contributed by atoms with E-state index in [1.807, 2.05) is 44.2 Å². The zero-order chi connectivity index (χ0) is 12.4. The molecule has 90 valence electrons. The first-order chi connectivity index (χ1) is 8.11. The van der Waals surface area contributed by atoms with Gasteiger partial charge in [0.25, 0.3) is 0 Å². The number of aryl methyl sites for hydroxylation is 2. The van der Waals surface area contributed by atoms with Gasteiger partial charge in [-0.05, 0) is 43.2 Å². The first-order valence-corrected chi connectivity index (χ1v) is 5.78. The molecular formula is C13H15ClN2O. The monoisotopic (exact) mass is 250 g/mol.